The molecule has 1 unspecified atom stereocenters. The molecule has 5 heteroatoms. The van der Waals surface area contributed by atoms with Crippen molar-refractivity contribution < 1.29 is 23.4 Å². The van der Waals surface area contributed by atoms with Gasteiger partial charge in [0, 0.05) is 11.1 Å². The molecular weight excluding hydrogens is 266 g/mol. The van der Waals surface area contributed by atoms with Gasteiger partial charge in [0.25, 0.3) is 0 Å². The van der Waals surface area contributed by atoms with E-state index < -0.39 is 17.7 Å². The van der Waals surface area contributed by atoms with Crippen LogP contribution in [0, 0.1) is 11.6 Å². The Kier molecular flexibility index (Phi) is 4.20. The van der Waals surface area contributed by atoms with Gasteiger partial charge in [-0.15, -0.1) is 0 Å². The fourth-order valence-corrected chi connectivity index (χ4v) is 2.03. The maximum atomic E-state index is 13.7. The maximum Gasteiger partial charge on any atom is 0.166 e. The minimum absolute atomic E-state index is 0.156. The highest BCUT2D eigenvalue weighted by atomic mass is 19.2. The molecule has 106 valence electrons. The van der Waals surface area contributed by atoms with Crippen LogP contribution in [-0.4, -0.2) is 19.3 Å². The molecule has 0 saturated heterocycles. The van der Waals surface area contributed by atoms with Crippen LogP contribution in [0.25, 0.3) is 0 Å². The van der Waals surface area contributed by atoms with Crippen molar-refractivity contribution in [2.24, 2.45) is 0 Å². The average molecular weight is 280 g/mol. The number of aliphatic hydroxyl groups excluding tert-OH is 1. The van der Waals surface area contributed by atoms with Gasteiger partial charge in [-0.3, -0.25) is 0 Å². The van der Waals surface area contributed by atoms with E-state index in [1.165, 1.54) is 26.4 Å². The Labute approximate surface area is 115 Å². The second-order valence-corrected chi connectivity index (χ2v) is 4.13. The Bertz CT molecular complexity index is 614. The SMILES string of the molecule is COc1cccc(C(O)c2cccc(F)c2F)c1OC. The first kappa shape index (κ1) is 14.3. The molecule has 2 rings (SSSR count). The van der Waals surface area contributed by atoms with Crippen molar-refractivity contribution in [1.82, 2.24) is 0 Å². The molecule has 0 aliphatic carbocycles. The van der Waals surface area contributed by atoms with Crippen molar-refractivity contribution in [3.8, 4) is 11.5 Å². The van der Waals surface area contributed by atoms with Crippen LogP contribution in [0.4, 0.5) is 8.78 Å². The lowest BCUT2D eigenvalue weighted by molar-refractivity contribution is 0.206. The summed E-state index contributed by atoms with van der Waals surface area (Å²) in [4.78, 5) is 0. The molecule has 0 radical (unpaired) electrons. The van der Waals surface area contributed by atoms with Crippen LogP contribution in [0.3, 0.4) is 0 Å². The number of aliphatic hydroxyl groups is 1. The van der Waals surface area contributed by atoms with Crippen molar-refractivity contribution in [2.45, 2.75) is 6.10 Å². The number of hydrogen-bond donors (Lipinski definition) is 1. The molecule has 2 aromatic carbocycles. The van der Waals surface area contributed by atoms with E-state index in [0.29, 0.717) is 11.3 Å². The number of rotatable bonds is 4. The Morgan fingerprint density at radius 2 is 1.60 bits per heavy atom. The second-order valence-electron chi connectivity index (χ2n) is 4.13. The standard InChI is InChI=1S/C15H14F2O3/c1-19-12-8-4-6-10(15(12)20-2)14(18)9-5-3-7-11(16)13(9)17/h3-8,14,18H,1-2H3. The van der Waals surface area contributed by atoms with E-state index >= 15 is 0 Å². The van der Waals surface area contributed by atoms with E-state index in [2.05, 4.69) is 0 Å². The van der Waals surface area contributed by atoms with E-state index in [1.807, 2.05) is 0 Å². The lowest BCUT2D eigenvalue weighted by atomic mass is 9.99. The third-order valence-electron chi connectivity index (χ3n) is 3.00. The molecule has 0 heterocycles. The van der Waals surface area contributed by atoms with Crippen LogP contribution in [-0.2, 0) is 0 Å². The highest BCUT2D eigenvalue weighted by Gasteiger charge is 2.22. The monoisotopic (exact) mass is 280 g/mol. The van der Waals surface area contributed by atoms with E-state index in [-0.39, 0.29) is 11.3 Å². The molecule has 0 saturated carbocycles. The molecule has 0 spiro atoms. The molecule has 3 nitrogen and oxygen atoms in total. The molecule has 0 aromatic heterocycles. The predicted molar refractivity (Wildman–Crippen MR) is 70.0 cm³/mol. The van der Waals surface area contributed by atoms with Gasteiger partial charge in [0.1, 0.15) is 6.10 Å². The molecule has 1 atom stereocenters. The van der Waals surface area contributed by atoms with E-state index in [9.17, 15) is 13.9 Å². The third kappa shape index (κ3) is 2.44. The molecule has 20 heavy (non-hydrogen) atoms. The highest BCUT2D eigenvalue weighted by molar-refractivity contribution is 5.50. The summed E-state index contributed by atoms with van der Waals surface area (Å²) in [5, 5.41) is 10.3. The van der Waals surface area contributed by atoms with Gasteiger partial charge in [-0.2, -0.15) is 0 Å². The van der Waals surface area contributed by atoms with Crippen molar-refractivity contribution >= 4 is 0 Å². The van der Waals surface area contributed by atoms with Crippen LogP contribution in [0.2, 0.25) is 0 Å². The molecule has 0 fully saturated rings. The van der Waals surface area contributed by atoms with Crippen LogP contribution < -0.4 is 9.47 Å². The van der Waals surface area contributed by atoms with Crippen molar-refractivity contribution in [3.63, 3.8) is 0 Å². The summed E-state index contributed by atoms with van der Waals surface area (Å²) in [5.41, 5.74) is 0.146. The molecule has 1 N–H and O–H groups in total. The van der Waals surface area contributed by atoms with Gasteiger partial charge in [-0.05, 0) is 12.1 Å². The van der Waals surface area contributed by atoms with Gasteiger partial charge in [-0.25, -0.2) is 8.78 Å². The summed E-state index contributed by atoms with van der Waals surface area (Å²) in [6, 6.07) is 8.50. The zero-order valence-electron chi connectivity index (χ0n) is 11.1. The first-order chi connectivity index (χ1) is 9.60. The predicted octanol–water partition coefficient (Wildman–Crippen LogP) is 3.06. The number of methoxy groups -OCH3 is 2. The second kappa shape index (κ2) is 5.88. The minimum atomic E-state index is -1.35. The first-order valence-electron chi connectivity index (χ1n) is 5.93. The van der Waals surface area contributed by atoms with Gasteiger partial charge in [0.2, 0.25) is 0 Å². The van der Waals surface area contributed by atoms with Crippen molar-refractivity contribution in [2.75, 3.05) is 14.2 Å². The largest absolute Gasteiger partial charge is 0.493 e. The van der Waals surface area contributed by atoms with Gasteiger partial charge >= 0.3 is 0 Å². The molecular formula is C15H14F2O3. The van der Waals surface area contributed by atoms with Crippen LogP contribution >= 0.6 is 0 Å². The van der Waals surface area contributed by atoms with E-state index in [0.717, 1.165) is 6.07 Å². The smallest absolute Gasteiger partial charge is 0.166 e. The lowest BCUT2D eigenvalue weighted by Gasteiger charge is -2.17. The molecule has 0 amide bonds. The summed E-state index contributed by atoms with van der Waals surface area (Å²) in [6.45, 7) is 0. The Morgan fingerprint density at radius 1 is 0.950 bits per heavy atom. The Hall–Kier alpha value is -2.14. The quantitative estimate of drug-likeness (QED) is 0.935. The van der Waals surface area contributed by atoms with Crippen molar-refractivity contribution in [1.29, 1.82) is 0 Å². The highest BCUT2D eigenvalue weighted by Crippen LogP contribution is 2.37. The third-order valence-corrected chi connectivity index (χ3v) is 3.00. The lowest BCUT2D eigenvalue weighted by Crippen LogP contribution is -2.06. The number of hydrogen-bond acceptors (Lipinski definition) is 3. The molecule has 0 aliphatic rings. The van der Waals surface area contributed by atoms with Crippen molar-refractivity contribution in [3.05, 3.63) is 59.2 Å². The van der Waals surface area contributed by atoms with Crippen LogP contribution in [0.1, 0.15) is 17.2 Å². The number of benzene rings is 2. The van der Waals surface area contributed by atoms with Gasteiger partial charge < -0.3 is 14.6 Å². The first-order valence-corrected chi connectivity index (χ1v) is 5.93. The summed E-state index contributed by atoms with van der Waals surface area (Å²) in [5.74, 6) is -1.40. The van der Waals surface area contributed by atoms with Gasteiger partial charge in [0.05, 0.1) is 14.2 Å². The maximum absolute atomic E-state index is 13.7. The summed E-state index contributed by atoms with van der Waals surface area (Å²) >= 11 is 0. The van der Waals surface area contributed by atoms with E-state index in [4.69, 9.17) is 9.47 Å². The normalized spacial score (nSPS) is 12.1. The summed E-state index contributed by atoms with van der Waals surface area (Å²) < 4.78 is 37.3. The zero-order valence-corrected chi connectivity index (χ0v) is 11.1. The topological polar surface area (TPSA) is 38.7 Å². The van der Waals surface area contributed by atoms with Crippen LogP contribution in [0.5, 0.6) is 11.5 Å². The summed E-state index contributed by atoms with van der Waals surface area (Å²) in [7, 11) is 2.87. The minimum Gasteiger partial charge on any atom is -0.493 e. The Balaban J connectivity index is 2.53. The molecule has 0 bridgehead atoms. The fourth-order valence-electron chi connectivity index (χ4n) is 2.03. The molecule has 0 aliphatic heterocycles. The van der Waals surface area contributed by atoms with Gasteiger partial charge in [0.15, 0.2) is 23.1 Å². The number of halogens is 2. The fraction of sp³-hybridized carbons (Fsp3) is 0.200. The van der Waals surface area contributed by atoms with Gasteiger partial charge in [-0.1, -0.05) is 24.3 Å². The zero-order chi connectivity index (χ0) is 14.7. The number of para-hydroxylation sites is 1. The average Bonchev–Trinajstić information content (AvgIpc) is 2.48. The molecule has 2 aromatic rings. The summed E-state index contributed by atoms with van der Waals surface area (Å²) in [6.07, 6.45) is -1.35. The number of ether oxygens (including phenoxy) is 2. The van der Waals surface area contributed by atoms with Crippen LogP contribution in [0.15, 0.2) is 36.4 Å². The Morgan fingerprint density at radius 3 is 2.25 bits per heavy atom. The van der Waals surface area contributed by atoms with E-state index in [1.54, 1.807) is 18.2 Å².